The molecule has 1 fully saturated rings. The fourth-order valence-electron chi connectivity index (χ4n) is 1.81. The Labute approximate surface area is 109 Å². The van der Waals surface area contributed by atoms with E-state index in [0.717, 1.165) is 5.56 Å². The first-order chi connectivity index (χ1) is 8.61. The number of hydrogen-bond donors (Lipinski definition) is 3. The minimum atomic E-state index is -0.846. The van der Waals surface area contributed by atoms with Gasteiger partial charge in [0.1, 0.15) is 17.5 Å². The summed E-state index contributed by atoms with van der Waals surface area (Å²) in [6.45, 7) is 2.36. The molecule has 0 aliphatic carbocycles. The maximum atomic E-state index is 10.9. The number of benzene rings is 1. The summed E-state index contributed by atoms with van der Waals surface area (Å²) >= 11 is 1.52. The van der Waals surface area contributed by atoms with Gasteiger partial charge in [0.25, 0.3) is 0 Å². The smallest absolute Gasteiger partial charge is 0.321 e. The minimum Gasteiger partial charge on any atom is -0.508 e. The molecule has 1 aromatic rings. The summed E-state index contributed by atoms with van der Waals surface area (Å²) in [7, 11) is 0. The Morgan fingerprint density at radius 3 is 3.00 bits per heavy atom. The molecule has 1 aliphatic rings. The Morgan fingerprint density at radius 2 is 2.39 bits per heavy atom. The Morgan fingerprint density at radius 1 is 1.61 bits per heavy atom. The predicted octanol–water partition coefficient (Wildman–Crippen LogP) is 1.58. The van der Waals surface area contributed by atoms with Crippen molar-refractivity contribution in [2.75, 3.05) is 12.4 Å². The SMILES string of the molecule is CCOc1cc(O)ccc1[C@H]1N[C@H](C(=O)O)CS1. The zero-order valence-electron chi connectivity index (χ0n) is 9.92. The van der Waals surface area contributed by atoms with E-state index in [1.807, 2.05) is 6.92 Å². The van der Waals surface area contributed by atoms with Gasteiger partial charge in [-0.2, -0.15) is 0 Å². The lowest BCUT2D eigenvalue weighted by molar-refractivity contribution is -0.138. The van der Waals surface area contributed by atoms with Crippen molar-refractivity contribution in [2.45, 2.75) is 18.3 Å². The average molecular weight is 269 g/mol. The second kappa shape index (κ2) is 5.49. The van der Waals surface area contributed by atoms with E-state index in [1.165, 1.54) is 11.8 Å². The van der Waals surface area contributed by atoms with E-state index in [4.69, 9.17) is 9.84 Å². The van der Waals surface area contributed by atoms with Crippen LogP contribution in [0.15, 0.2) is 18.2 Å². The van der Waals surface area contributed by atoms with Crippen LogP contribution in [0.3, 0.4) is 0 Å². The highest BCUT2D eigenvalue weighted by Crippen LogP contribution is 2.39. The molecule has 0 radical (unpaired) electrons. The number of carboxylic acids is 1. The Kier molecular flexibility index (Phi) is 3.98. The van der Waals surface area contributed by atoms with Crippen LogP contribution < -0.4 is 10.1 Å². The second-order valence-corrected chi connectivity index (χ2v) is 5.06. The Hall–Kier alpha value is -1.40. The lowest BCUT2D eigenvalue weighted by atomic mass is 10.1. The molecule has 0 bridgehead atoms. The standard InChI is InChI=1S/C12H15NO4S/c1-2-17-10-5-7(14)3-4-8(10)11-13-9(6-18-11)12(15)16/h3-5,9,11,13-14H,2,6H2,1H3,(H,15,16)/t9-,11-/m0/s1. The Balaban J connectivity index is 2.20. The van der Waals surface area contributed by atoms with Gasteiger partial charge < -0.3 is 14.9 Å². The number of nitrogens with one attached hydrogen (secondary N) is 1. The largest absolute Gasteiger partial charge is 0.508 e. The summed E-state index contributed by atoms with van der Waals surface area (Å²) in [5.74, 6) is 0.405. The zero-order chi connectivity index (χ0) is 13.1. The van der Waals surface area contributed by atoms with Crippen LogP contribution in [0.2, 0.25) is 0 Å². The fraction of sp³-hybridized carbons (Fsp3) is 0.417. The number of aliphatic carboxylic acids is 1. The van der Waals surface area contributed by atoms with E-state index in [2.05, 4.69) is 5.32 Å². The highest BCUT2D eigenvalue weighted by molar-refractivity contribution is 7.99. The highest BCUT2D eigenvalue weighted by atomic mass is 32.2. The summed E-state index contributed by atoms with van der Waals surface area (Å²) < 4.78 is 5.47. The number of phenolic OH excluding ortho intramolecular Hbond substituents is 1. The molecule has 0 aromatic heterocycles. The molecular weight excluding hydrogens is 254 g/mol. The summed E-state index contributed by atoms with van der Waals surface area (Å²) in [6.07, 6.45) is 0. The fourth-order valence-corrected chi connectivity index (χ4v) is 3.07. The molecular formula is C12H15NO4S. The molecule has 6 heteroatoms. The van der Waals surface area contributed by atoms with E-state index >= 15 is 0 Å². The van der Waals surface area contributed by atoms with Crippen LogP contribution in [0.4, 0.5) is 0 Å². The number of hydrogen-bond acceptors (Lipinski definition) is 5. The van der Waals surface area contributed by atoms with Crippen molar-refractivity contribution in [3.8, 4) is 11.5 Å². The number of thioether (sulfide) groups is 1. The minimum absolute atomic E-state index is 0.117. The molecule has 0 saturated carbocycles. The lowest BCUT2D eigenvalue weighted by Gasteiger charge is -2.16. The monoisotopic (exact) mass is 269 g/mol. The van der Waals surface area contributed by atoms with Gasteiger partial charge in [-0.05, 0) is 19.1 Å². The topological polar surface area (TPSA) is 78.8 Å². The molecule has 1 aliphatic heterocycles. The number of aromatic hydroxyl groups is 1. The quantitative estimate of drug-likeness (QED) is 0.770. The van der Waals surface area contributed by atoms with Crippen LogP contribution in [-0.4, -0.2) is 34.6 Å². The second-order valence-electron chi connectivity index (χ2n) is 3.93. The first kappa shape index (κ1) is 13.0. The Bertz CT molecular complexity index is 452. The van der Waals surface area contributed by atoms with Crippen molar-refractivity contribution < 1.29 is 19.7 Å². The van der Waals surface area contributed by atoms with Crippen molar-refractivity contribution in [3.63, 3.8) is 0 Å². The zero-order valence-corrected chi connectivity index (χ0v) is 10.7. The van der Waals surface area contributed by atoms with E-state index in [-0.39, 0.29) is 11.1 Å². The van der Waals surface area contributed by atoms with Gasteiger partial charge in [-0.3, -0.25) is 10.1 Å². The van der Waals surface area contributed by atoms with Crippen LogP contribution in [-0.2, 0) is 4.79 Å². The summed E-state index contributed by atoms with van der Waals surface area (Å²) in [5, 5.41) is 21.3. The van der Waals surface area contributed by atoms with Gasteiger partial charge in [-0.25, -0.2) is 0 Å². The maximum Gasteiger partial charge on any atom is 0.321 e. The molecule has 18 heavy (non-hydrogen) atoms. The number of phenols is 1. The molecule has 0 unspecified atom stereocenters. The summed E-state index contributed by atoms with van der Waals surface area (Å²) in [5.41, 5.74) is 0.864. The first-order valence-electron chi connectivity index (χ1n) is 5.68. The molecule has 1 heterocycles. The van der Waals surface area contributed by atoms with Gasteiger partial charge in [0.15, 0.2) is 0 Å². The molecule has 1 saturated heterocycles. The molecule has 0 amide bonds. The number of ether oxygens (including phenoxy) is 1. The highest BCUT2D eigenvalue weighted by Gasteiger charge is 2.31. The van der Waals surface area contributed by atoms with Crippen molar-refractivity contribution in [1.29, 1.82) is 0 Å². The van der Waals surface area contributed by atoms with Gasteiger partial charge in [-0.1, -0.05) is 0 Å². The molecule has 3 N–H and O–H groups in total. The van der Waals surface area contributed by atoms with Crippen molar-refractivity contribution in [1.82, 2.24) is 5.32 Å². The van der Waals surface area contributed by atoms with Crippen LogP contribution >= 0.6 is 11.8 Å². The van der Waals surface area contributed by atoms with Gasteiger partial charge in [0.05, 0.1) is 12.0 Å². The van der Waals surface area contributed by atoms with E-state index in [9.17, 15) is 9.90 Å². The molecule has 5 nitrogen and oxygen atoms in total. The number of carboxylic acid groups (broad SMARTS) is 1. The van der Waals surface area contributed by atoms with Crippen molar-refractivity contribution in [3.05, 3.63) is 23.8 Å². The number of carbonyl (C=O) groups is 1. The van der Waals surface area contributed by atoms with Gasteiger partial charge >= 0.3 is 5.97 Å². The normalized spacial score (nSPS) is 22.9. The van der Waals surface area contributed by atoms with E-state index in [0.29, 0.717) is 18.1 Å². The summed E-state index contributed by atoms with van der Waals surface area (Å²) in [6, 6.07) is 4.35. The third-order valence-corrected chi connectivity index (χ3v) is 3.91. The van der Waals surface area contributed by atoms with Gasteiger partial charge in [0.2, 0.25) is 0 Å². The molecule has 2 atom stereocenters. The van der Waals surface area contributed by atoms with Crippen molar-refractivity contribution >= 4 is 17.7 Å². The first-order valence-corrected chi connectivity index (χ1v) is 6.73. The van der Waals surface area contributed by atoms with Crippen LogP contribution in [0.1, 0.15) is 17.9 Å². The maximum absolute atomic E-state index is 10.9. The molecule has 1 aromatic carbocycles. The van der Waals surface area contributed by atoms with Crippen LogP contribution in [0.5, 0.6) is 11.5 Å². The van der Waals surface area contributed by atoms with Crippen LogP contribution in [0.25, 0.3) is 0 Å². The molecule has 98 valence electrons. The van der Waals surface area contributed by atoms with Crippen molar-refractivity contribution in [2.24, 2.45) is 0 Å². The van der Waals surface area contributed by atoms with Crippen LogP contribution in [0, 0.1) is 0 Å². The molecule has 2 rings (SSSR count). The third-order valence-electron chi connectivity index (χ3n) is 2.66. The van der Waals surface area contributed by atoms with Gasteiger partial charge in [-0.15, -0.1) is 11.8 Å². The van der Waals surface area contributed by atoms with Gasteiger partial charge in [0, 0.05) is 17.4 Å². The van der Waals surface area contributed by atoms with E-state index < -0.39 is 12.0 Å². The number of rotatable bonds is 4. The average Bonchev–Trinajstić information content (AvgIpc) is 2.79. The third kappa shape index (κ3) is 2.70. The molecule has 0 spiro atoms. The van der Waals surface area contributed by atoms with E-state index in [1.54, 1.807) is 18.2 Å². The predicted molar refractivity (Wildman–Crippen MR) is 69.0 cm³/mol. The lowest BCUT2D eigenvalue weighted by Crippen LogP contribution is -2.33. The summed E-state index contributed by atoms with van der Waals surface area (Å²) in [4.78, 5) is 10.9.